The minimum Gasteiger partial charge on any atom is -0.495 e. The molecule has 24 heavy (non-hydrogen) atoms. The number of aryl methyl sites for hydroxylation is 1. The summed E-state index contributed by atoms with van der Waals surface area (Å²) in [6.45, 7) is 1.28. The lowest BCUT2D eigenvalue weighted by molar-refractivity contribution is -0.115. The molecule has 0 saturated heterocycles. The first-order valence-electron chi connectivity index (χ1n) is 7.02. The van der Waals surface area contributed by atoms with Crippen LogP contribution in [0.5, 0.6) is 5.75 Å². The van der Waals surface area contributed by atoms with E-state index in [0.29, 0.717) is 22.0 Å². The number of carbonyl (C=O) groups is 1. The Kier molecular flexibility index (Phi) is 5.82. The van der Waals surface area contributed by atoms with E-state index in [-0.39, 0.29) is 4.90 Å². The minimum atomic E-state index is -3.77. The van der Waals surface area contributed by atoms with Gasteiger partial charge in [0.1, 0.15) is 5.75 Å². The van der Waals surface area contributed by atoms with Crippen LogP contribution in [0.25, 0.3) is 0 Å². The lowest BCUT2D eigenvalue weighted by Crippen LogP contribution is -2.33. The summed E-state index contributed by atoms with van der Waals surface area (Å²) in [7, 11) is -2.31. The molecule has 0 aliphatic carbocycles. The molecule has 0 unspecified atom stereocenters. The average Bonchev–Trinajstić information content (AvgIpc) is 2.53. The van der Waals surface area contributed by atoms with Gasteiger partial charge in [0, 0.05) is 5.02 Å². The topological polar surface area (TPSA) is 84.5 Å². The zero-order valence-corrected chi connectivity index (χ0v) is 14.7. The summed E-state index contributed by atoms with van der Waals surface area (Å²) in [5.41, 5.74) is 0.965. The van der Waals surface area contributed by atoms with Crippen LogP contribution in [0.4, 0.5) is 5.69 Å². The van der Waals surface area contributed by atoms with E-state index in [1.807, 2.05) is 0 Å². The number of sulfonamides is 1. The second-order valence-electron chi connectivity index (χ2n) is 4.98. The van der Waals surface area contributed by atoms with Crippen LogP contribution in [0.15, 0.2) is 47.4 Å². The molecule has 0 aliphatic heterocycles. The molecule has 0 saturated carbocycles. The minimum absolute atomic E-state index is 0.137. The predicted octanol–water partition coefficient (Wildman–Crippen LogP) is 2.57. The number of methoxy groups -OCH3 is 1. The van der Waals surface area contributed by atoms with Gasteiger partial charge in [0.15, 0.2) is 0 Å². The fourth-order valence-corrected chi connectivity index (χ4v) is 3.47. The number of hydrogen-bond acceptors (Lipinski definition) is 4. The second-order valence-corrected chi connectivity index (χ2v) is 7.15. The molecule has 0 spiro atoms. The van der Waals surface area contributed by atoms with Crippen molar-refractivity contribution in [1.29, 1.82) is 0 Å². The van der Waals surface area contributed by atoms with Crippen LogP contribution in [-0.2, 0) is 14.8 Å². The summed E-state index contributed by atoms with van der Waals surface area (Å²) in [5, 5.41) is 2.99. The highest BCUT2D eigenvalue weighted by molar-refractivity contribution is 7.89. The maximum Gasteiger partial charge on any atom is 0.241 e. The Morgan fingerprint density at radius 3 is 2.58 bits per heavy atom. The second kappa shape index (κ2) is 7.65. The van der Waals surface area contributed by atoms with Crippen molar-refractivity contribution < 1.29 is 17.9 Å². The zero-order chi connectivity index (χ0) is 17.7. The van der Waals surface area contributed by atoms with E-state index in [9.17, 15) is 13.2 Å². The molecule has 0 aliphatic rings. The third-order valence-corrected chi connectivity index (χ3v) is 5.04. The van der Waals surface area contributed by atoms with Crippen LogP contribution in [-0.4, -0.2) is 28.0 Å². The van der Waals surface area contributed by atoms with Gasteiger partial charge in [0.2, 0.25) is 15.9 Å². The third kappa shape index (κ3) is 4.47. The van der Waals surface area contributed by atoms with Gasteiger partial charge in [0.25, 0.3) is 0 Å². The number of ether oxygens (including phenoxy) is 1. The molecule has 2 aromatic carbocycles. The molecule has 1 amide bonds. The Balaban J connectivity index is 2.06. The zero-order valence-electron chi connectivity index (χ0n) is 13.2. The van der Waals surface area contributed by atoms with Crippen LogP contribution in [0.3, 0.4) is 0 Å². The summed E-state index contributed by atoms with van der Waals surface area (Å²) >= 11 is 5.89. The maximum atomic E-state index is 12.3. The first kappa shape index (κ1) is 18.3. The third-order valence-electron chi connectivity index (χ3n) is 3.24. The van der Waals surface area contributed by atoms with Gasteiger partial charge in [-0.3, -0.25) is 4.79 Å². The highest BCUT2D eigenvalue weighted by atomic mass is 35.5. The van der Waals surface area contributed by atoms with Crippen LogP contribution in [0, 0.1) is 6.92 Å². The maximum absolute atomic E-state index is 12.3. The van der Waals surface area contributed by atoms with E-state index in [4.69, 9.17) is 16.3 Å². The van der Waals surface area contributed by atoms with Crippen molar-refractivity contribution in [2.24, 2.45) is 0 Å². The molecular formula is C16H17ClN2O4S. The van der Waals surface area contributed by atoms with Gasteiger partial charge in [-0.05, 0) is 36.8 Å². The largest absolute Gasteiger partial charge is 0.495 e. The molecule has 0 bridgehead atoms. The summed E-state index contributed by atoms with van der Waals surface area (Å²) in [6, 6.07) is 11.3. The summed E-state index contributed by atoms with van der Waals surface area (Å²) in [5.74, 6) is -0.109. The molecule has 0 heterocycles. The lowest BCUT2D eigenvalue weighted by Gasteiger charge is -2.12. The molecule has 2 rings (SSSR count). The fourth-order valence-electron chi connectivity index (χ4n) is 2.07. The molecule has 2 aromatic rings. The number of nitrogens with one attached hydrogen (secondary N) is 2. The van der Waals surface area contributed by atoms with E-state index in [0.717, 1.165) is 0 Å². The van der Waals surface area contributed by atoms with Crippen molar-refractivity contribution in [3.63, 3.8) is 0 Å². The molecule has 128 valence electrons. The van der Waals surface area contributed by atoms with E-state index in [2.05, 4.69) is 10.0 Å². The molecule has 0 fully saturated rings. The highest BCUT2D eigenvalue weighted by Gasteiger charge is 2.18. The summed E-state index contributed by atoms with van der Waals surface area (Å²) < 4.78 is 31.9. The Morgan fingerprint density at radius 1 is 1.21 bits per heavy atom. The number of carbonyl (C=O) groups excluding carboxylic acids is 1. The van der Waals surface area contributed by atoms with Crippen LogP contribution >= 0.6 is 11.6 Å². The van der Waals surface area contributed by atoms with E-state index in [1.165, 1.54) is 19.2 Å². The molecule has 8 heteroatoms. The summed E-state index contributed by atoms with van der Waals surface area (Å²) in [6.07, 6.45) is 0. The normalized spacial score (nSPS) is 11.1. The molecular weight excluding hydrogens is 352 g/mol. The Morgan fingerprint density at radius 2 is 1.92 bits per heavy atom. The summed E-state index contributed by atoms with van der Waals surface area (Å²) in [4.78, 5) is 12.2. The van der Waals surface area contributed by atoms with Crippen molar-refractivity contribution in [3.05, 3.63) is 53.1 Å². The van der Waals surface area contributed by atoms with Gasteiger partial charge >= 0.3 is 0 Å². The number of benzene rings is 2. The fraction of sp³-hybridized carbons (Fsp3) is 0.188. The van der Waals surface area contributed by atoms with Gasteiger partial charge < -0.3 is 10.1 Å². The molecule has 2 N–H and O–H groups in total. The van der Waals surface area contributed by atoms with E-state index < -0.39 is 22.5 Å². The van der Waals surface area contributed by atoms with E-state index in [1.54, 1.807) is 37.3 Å². The van der Waals surface area contributed by atoms with Gasteiger partial charge in [-0.2, -0.15) is 0 Å². The Hall–Kier alpha value is -2.09. The average molecular weight is 369 g/mol. The van der Waals surface area contributed by atoms with Crippen LogP contribution in [0.2, 0.25) is 5.02 Å². The lowest BCUT2D eigenvalue weighted by atomic mass is 10.2. The van der Waals surface area contributed by atoms with Gasteiger partial charge in [-0.25, -0.2) is 13.1 Å². The molecule has 6 nitrogen and oxygen atoms in total. The van der Waals surface area contributed by atoms with Gasteiger partial charge in [-0.15, -0.1) is 0 Å². The number of hydrogen-bond donors (Lipinski definition) is 2. The van der Waals surface area contributed by atoms with Crippen molar-refractivity contribution in [2.75, 3.05) is 19.0 Å². The standard InChI is InChI=1S/C16H17ClN2O4S/c1-11-5-3-4-6-15(11)24(21,22)18-10-16(20)19-13-9-12(17)7-8-14(13)23-2/h3-9,18H,10H2,1-2H3,(H,19,20). The monoisotopic (exact) mass is 368 g/mol. The van der Waals surface area contributed by atoms with Crippen molar-refractivity contribution in [3.8, 4) is 5.75 Å². The molecule has 0 radical (unpaired) electrons. The Labute approximate surface area is 145 Å². The Bertz CT molecular complexity index is 853. The first-order chi connectivity index (χ1) is 11.3. The van der Waals surface area contributed by atoms with Crippen LogP contribution in [0.1, 0.15) is 5.56 Å². The van der Waals surface area contributed by atoms with Crippen LogP contribution < -0.4 is 14.8 Å². The smallest absolute Gasteiger partial charge is 0.241 e. The first-order valence-corrected chi connectivity index (χ1v) is 8.88. The van der Waals surface area contributed by atoms with Gasteiger partial charge in [-0.1, -0.05) is 29.8 Å². The number of rotatable bonds is 6. The van der Waals surface area contributed by atoms with Crippen molar-refractivity contribution >= 4 is 33.2 Å². The SMILES string of the molecule is COc1ccc(Cl)cc1NC(=O)CNS(=O)(=O)c1ccccc1C. The van der Waals surface area contributed by atoms with Gasteiger partial charge in [0.05, 0.1) is 24.2 Å². The quantitative estimate of drug-likeness (QED) is 0.820. The molecule has 0 aromatic heterocycles. The molecule has 0 atom stereocenters. The number of anilines is 1. The van der Waals surface area contributed by atoms with Crippen molar-refractivity contribution in [1.82, 2.24) is 4.72 Å². The predicted molar refractivity (Wildman–Crippen MR) is 93.0 cm³/mol. The van der Waals surface area contributed by atoms with E-state index >= 15 is 0 Å². The number of halogens is 1. The number of amides is 1. The highest BCUT2D eigenvalue weighted by Crippen LogP contribution is 2.27. The van der Waals surface area contributed by atoms with Crippen molar-refractivity contribution in [2.45, 2.75) is 11.8 Å².